The van der Waals surface area contributed by atoms with Crippen LogP contribution in [0.4, 0.5) is 0 Å². The Balaban J connectivity index is 1.96. The Labute approximate surface area is 125 Å². The molecule has 1 aromatic carbocycles. The van der Waals surface area contributed by atoms with Crippen LogP contribution in [0.15, 0.2) is 28.7 Å². The standard InChI is InChI=1S/C12H13BrClNO3S/c13-10-3-1-2-9(6-10)4-5-15-8-11(7-12(15)16)19(14,17)18/h1-3,6,11H,4-5,7-8H2. The molecule has 1 aliphatic heterocycles. The number of nitrogens with zero attached hydrogens (tertiary/aromatic N) is 1. The Morgan fingerprint density at radius 2 is 2.16 bits per heavy atom. The van der Waals surface area contributed by atoms with E-state index in [9.17, 15) is 13.2 Å². The molecule has 2 rings (SSSR count). The highest BCUT2D eigenvalue weighted by Crippen LogP contribution is 2.21. The molecule has 1 aromatic rings. The summed E-state index contributed by atoms with van der Waals surface area (Å²) >= 11 is 3.39. The number of hydrogen-bond acceptors (Lipinski definition) is 3. The van der Waals surface area contributed by atoms with Gasteiger partial charge in [-0.2, -0.15) is 0 Å². The van der Waals surface area contributed by atoms with E-state index in [4.69, 9.17) is 10.7 Å². The zero-order chi connectivity index (χ0) is 14.0. The summed E-state index contributed by atoms with van der Waals surface area (Å²) in [6.45, 7) is 0.705. The molecule has 1 heterocycles. The van der Waals surface area contributed by atoms with Crippen molar-refractivity contribution in [2.75, 3.05) is 13.1 Å². The largest absolute Gasteiger partial charge is 0.341 e. The summed E-state index contributed by atoms with van der Waals surface area (Å²) in [5, 5.41) is -0.774. The first kappa shape index (κ1) is 14.8. The third kappa shape index (κ3) is 3.94. The van der Waals surface area contributed by atoms with E-state index >= 15 is 0 Å². The summed E-state index contributed by atoms with van der Waals surface area (Å²) in [4.78, 5) is 13.3. The molecule has 0 N–H and O–H groups in total. The predicted octanol–water partition coefficient (Wildman–Crippen LogP) is 2.16. The molecule has 0 spiro atoms. The van der Waals surface area contributed by atoms with Crippen molar-refractivity contribution in [2.24, 2.45) is 0 Å². The average Bonchev–Trinajstić information content (AvgIpc) is 2.68. The van der Waals surface area contributed by atoms with Crippen molar-refractivity contribution in [1.82, 2.24) is 4.90 Å². The molecule has 1 aliphatic rings. The molecule has 1 amide bonds. The van der Waals surface area contributed by atoms with Crippen LogP contribution in [0.25, 0.3) is 0 Å². The molecule has 1 fully saturated rings. The first-order valence-electron chi connectivity index (χ1n) is 5.82. The fraction of sp³-hybridized carbons (Fsp3) is 0.417. The van der Waals surface area contributed by atoms with Crippen LogP contribution < -0.4 is 0 Å². The average molecular weight is 367 g/mol. The maximum Gasteiger partial charge on any atom is 0.237 e. The van der Waals surface area contributed by atoms with E-state index < -0.39 is 14.3 Å². The van der Waals surface area contributed by atoms with Gasteiger partial charge in [0, 0.05) is 34.7 Å². The van der Waals surface area contributed by atoms with Crippen molar-refractivity contribution in [2.45, 2.75) is 18.1 Å². The number of benzene rings is 1. The lowest BCUT2D eigenvalue weighted by atomic mass is 10.1. The van der Waals surface area contributed by atoms with Crippen LogP contribution in [0, 0.1) is 0 Å². The van der Waals surface area contributed by atoms with Crippen molar-refractivity contribution < 1.29 is 13.2 Å². The van der Waals surface area contributed by atoms with Gasteiger partial charge in [-0.15, -0.1) is 0 Å². The number of halogens is 2. The minimum Gasteiger partial charge on any atom is -0.341 e. The third-order valence-corrected chi connectivity index (χ3v) is 5.50. The lowest BCUT2D eigenvalue weighted by Crippen LogP contribution is -2.29. The van der Waals surface area contributed by atoms with Crippen LogP contribution in [0.3, 0.4) is 0 Å². The molecule has 0 bridgehead atoms. The normalized spacial score (nSPS) is 20.0. The van der Waals surface area contributed by atoms with E-state index in [1.807, 2.05) is 24.3 Å². The SMILES string of the molecule is O=C1CC(S(=O)(=O)Cl)CN1CCc1cccc(Br)c1. The Hall–Kier alpha value is -0.590. The molecule has 0 aromatic heterocycles. The lowest BCUT2D eigenvalue weighted by molar-refractivity contribution is -0.127. The first-order valence-corrected chi connectivity index (χ1v) is 8.98. The molecule has 7 heteroatoms. The summed E-state index contributed by atoms with van der Waals surface area (Å²) < 4.78 is 23.4. The van der Waals surface area contributed by atoms with Gasteiger partial charge in [-0.25, -0.2) is 8.42 Å². The molecule has 0 radical (unpaired) electrons. The number of hydrogen-bond donors (Lipinski definition) is 0. The van der Waals surface area contributed by atoms with Crippen molar-refractivity contribution in [3.63, 3.8) is 0 Å². The van der Waals surface area contributed by atoms with E-state index in [1.54, 1.807) is 4.90 Å². The molecule has 19 heavy (non-hydrogen) atoms. The van der Waals surface area contributed by atoms with E-state index in [1.165, 1.54) is 0 Å². The molecule has 1 saturated heterocycles. The zero-order valence-corrected chi connectivity index (χ0v) is 13.2. The predicted molar refractivity (Wildman–Crippen MR) is 77.6 cm³/mol. The van der Waals surface area contributed by atoms with Crippen molar-refractivity contribution in [3.05, 3.63) is 34.3 Å². The van der Waals surface area contributed by atoms with Gasteiger partial charge in [-0.3, -0.25) is 4.79 Å². The number of likely N-dealkylation sites (tertiary alicyclic amines) is 1. The maximum absolute atomic E-state index is 11.7. The second kappa shape index (κ2) is 5.81. The van der Waals surface area contributed by atoms with Gasteiger partial charge in [0.25, 0.3) is 0 Å². The lowest BCUT2D eigenvalue weighted by Gasteiger charge is -2.16. The van der Waals surface area contributed by atoms with Crippen LogP contribution in [0.1, 0.15) is 12.0 Å². The van der Waals surface area contributed by atoms with Crippen LogP contribution in [0.5, 0.6) is 0 Å². The fourth-order valence-corrected chi connectivity index (χ4v) is 3.60. The topological polar surface area (TPSA) is 54.5 Å². The Kier molecular flexibility index (Phi) is 4.53. The number of carbonyl (C=O) groups is 1. The van der Waals surface area contributed by atoms with Crippen molar-refractivity contribution >= 4 is 41.6 Å². The highest BCUT2D eigenvalue weighted by atomic mass is 79.9. The summed E-state index contributed by atoms with van der Waals surface area (Å²) in [7, 11) is 1.64. The van der Waals surface area contributed by atoms with Gasteiger partial charge in [-0.1, -0.05) is 28.1 Å². The fourth-order valence-electron chi connectivity index (χ4n) is 2.10. The van der Waals surface area contributed by atoms with E-state index in [-0.39, 0.29) is 18.9 Å². The second-order valence-corrected chi connectivity index (χ2v) is 8.35. The smallest absolute Gasteiger partial charge is 0.237 e. The molecular weight excluding hydrogens is 354 g/mol. The second-order valence-electron chi connectivity index (χ2n) is 4.52. The summed E-state index contributed by atoms with van der Waals surface area (Å²) in [5.41, 5.74) is 1.10. The molecule has 0 aliphatic carbocycles. The highest BCUT2D eigenvalue weighted by Gasteiger charge is 2.36. The molecule has 104 valence electrons. The Morgan fingerprint density at radius 1 is 1.42 bits per heavy atom. The van der Waals surface area contributed by atoms with Gasteiger partial charge >= 0.3 is 0 Å². The van der Waals surface area contributed by atoms with Crippen LogP contribution in [-0.4, -0.2) is 37.6 Å². The van der Waals surface area contributed by atoms with Crippen LogP contribution in [0.2, 0.25) is 0 Å². The van der Waals surface area contributed by atoms with E-state index in [0.29, 0.717) is 13.0 Å². The van der Waals surface area contributed by atoms with E-state index in [0.717, 1.165) is 10.0 Å². The Morgan fingerprint density at radius 3 is 2.74 bits per heavy atom. The third-order valence-electron chi connectivity index (χ3n) is 3.14. The monoisotopic (exact) mass is 365 g/mol. The van der Waals surface area contributed by atoms with Crippen molar-refractivity contribution in [1.29, 1.82) is 0 Å². The molecule has 0 saturated carbocycles. The first-order chi connectivity index (χ1) is 8.86. The van der Waals surface area contributed by atoms with Crippen LogP contribution in [-0.2, 0) is 20.3 Å². The van der Waals surface area contributed by atoms with Gasteiger partial charge < -0.3 is 4.90 Å². The van der Waals surface area contributed by atoms with Gasteiger partial charge in [0.1, 0.15) is 5.25 Å². The van der Waals surface area contributed by atoms with Gasteiger partial charge in [0.2, 0.25) is 15.0 Å². The Bertz CT molecular complexity index is 590. The summed E-state index contributed by atoms with van der Waals surface area (Å²) in [6, 6.07) is 7.81. The summed E-state index contributed by atoms with van der Waals surface area (Å²) in [6.07, 6.45) is 0.685. The summed E-state index contributed by atoms with van der Waals surface area (Å²) in [5.74, 6) is -0.149. The number of amides is 1. The van der Waals surface area contributed by atoms with Gasteiger partial charge in [-0.05, 0) is 24.1 Å². The molecular formula is C12H13BrClNO3S. The molecule has 4 nitrogen and oxygen atoms in total. The quantitative estimate of drug-likeness (QED) is 0.767. The van der Waals surface area contributed by atoms with Crippen molar-refractivity contribution in [3.8, 4) is 0 Å². The maximum atomic E-state index is 11.7. The van der Waals surface area contributed by atoms with Gasteiger partial charge in [0.15, 0.2) is 0 Å². The number of carbonyl (C=O) groups excluding carboxylic acids is 1. The van der Waals surface area contributed by atoms with E-state index in [2.05, 4.69) is 15.9 Å². The van der Waals surface area contributed by atoms with Gasteiger partial charge in [0.05, 0.1) is 0 Å². The highest BCUT2D eigenvalue weighted by molar-refractivity contribution is 9.10. The number of rotatable bonds is 4. The minimum absolute atomic E-state index is 0.00961. The molecule has 1 unspecified atom stereocenters. The molecule has 1 atom stereocenters. The zero-order valence-electron chi connectivity index (χ0n) is 10.1. The van der Waals surface area contributed by atoms with Crippen LogP contribution >= 0.6 is 26.6 Å². The minimum atomic E-state index is -3.66.